The Morgan fingerprint density at radius 3 is 2.64 bits per heavy atom. The van der Waals surface area contributed by atoms with Crippen molar-refractivity contribution in [1.29, 1.82) is 0 Å². The first-order chi connectivity index (χ1) is 13.8. The van der Waals surface area contributed by atoms with E-state index in [0.29, 0.717) is 13.1 Å². The number of anilines is 3. The first kappa shape index (κ1) is 18.0. The summed E-state index contributed by atoms with van der Waals surface area (Å²) in [5.41, 5.74) is 0.773. The Hall–Kier alpha value is -3.35. The van der Waals surface area contributed by atoms with Crippen LogP contribution < -0.4 is 20.9 Å². The number of urea groups is 1. The molecule has 1 fully saturated rings. The number of carbonyl (C=O) groups is 1. The Labute approximate surface area is 164 Å². The fourth-order valence-electron chi connectivity index (χ4n) is 3.37. The predicted octanol–water partition coefficient (Wildman–Crippen LogP) is 3.46. The maximum atomic E-state index is 12.1. The van der Waals surface area contributed by atoms with Crippen molar-refractivity contribution in [3.63, 3.8) is 0 Å². The molecule has 2 aromatic carbocycles. The minimum atomic E-state index is -0.225. The lowest BCUT2D eigenvalue weighted by Gasteiger charge is -2.16. The molecule has 7 heteroatoms. The second kappa shape index (κ2) is 8.56. The van der Waals surface area contributed by atoms with Crippen molar-refractivity contribution in [3.05, 3.63) is 54.9 Å². The predicted molar refractivity (Wildman–Crippen MR) is 113 cm³/mol. The van der Waals surface area contributed by atoms with Crippen molar-refractivity contribution < 1.29 is 4.79 Å². The molecule has 1 aromatic heterocycles. The van der Waals surface area contributed by atoms with Gasteiger partial charge in [-0.1, -0.05) is 30.3 Å². The zero-order valence-corrected chi connectivity index (χ0v) is 15.7. The molecule has 3 N–H and O–H groups in total. The standard InChI is InChI=1S/C21H24N6O/c28-21(26-18-8-7-16-5-1-2-6-17(16)13-18)23-10-9-22-19-14-20(25-15-24-19)27-11-3-4-12-27/h1-2,5-8,13-15H,3-4,9-12H2,(H,22,24,25)(H2,23,26,28). The molecule has 0 aliphatic carbocycles. The first-order valence-electron chi connectivity index (χ1n) is 9.62. The molecule has 0 saturated carbocycles. The van der Waals surface area contributed by atoms with Crippen LogP contribution in [0.4, 0.5) is 22.1 Å². The number of amides is 2. The normalized spacial score (nSPS) is 13.5. The molecule has 1 aliphatic rings. The molecule has 28 heavy (non-hydrogen) atoms. The number of fused-ring (bicyclic) bond motifs is 1. The van der Waals surface area contributed by atoms with Gasteiger partial charge in [0.2, 0.25) is 0 Å². The van der Waals surface area contributed by atoms with Crippen LogP contribution in [0, 0.1) is 0 Å². The van der Waals surface area contributed by atoms with E-state index < -0.39 is 0 Å². The van der Waals surface area contributed by atoms with Gasteiger partial charge in [0.1, 0.15) is 18.0 Å². The second-order valence-electron chi connectivity index (χ2n) is 6.83. The van der Waals surface area contributed by atoms with E-state index >= 15 is 0 Å². The molecule has 0 bridgehead atoms. The van der Waals surface area contributed by atoms with E-state index in [1.807, 2.05) is 48.5 Å². The lowest BCUT2D eigenvalue weighted by molar-refractivity contribution is 0.252. The van der Waals surface area contributed by atoms with Crippen LogP contribution in [0.15, 0.2) is 54.9 Å². The Morgan fingerprint density at radius 2 is 1.79 bits per heavy atom. The number of nitrogens with one attached hydrogen (secondary N) is 3. The van der Waals surface area contributed by atoms with E-state index in [1.165, 1.54) is 12.8 Å². The van der Waals surface area contributed by atoms with E-state index in [4.69, 9.17) is 0 Å². The van der Waals surface area contributed by atoms with Crippen molar-refractivity contribution in [2.75, 3.05) is 41.7 Å². The molecular weight excluding hydrogens is 352 g/mol. The summed E-state index contributed by atoms with van der Waals surface area (Å²) in [5.74, 6) is 1.73. The van der Waals surface area contributed by atoms with E-state index in [9.17, 15) is 4.79 Å². The highest BCUT2D eigenvalue weighted by Gasteiger charge is 2.13. The number of rotatable bonds is 6. The van der Waals surface area contributed by atoms with Crippen LogP contribution >= 0.6 is 0 Å². The largest absolute Gasteiger partial charge is 0.368 e. The average molecular weight is 376 g/mol. The molecule has 0 radical (unpaired) electrons. The second-order valence-corrected chi connectivity index (χ2v) is 6.83. The molecule has 1 aliphatic heterocycles. The van der Waals surface area contributed by atoms with Gasteiger partial charge in [0.05, 0.1) is 0 Å². The molecule has 3 aromatic rings. The minimum Gasteiger partial charge on any atom is -0.368 e. The molecule has 7 nitrogen and oxygen atoms in total. The SMILES string of the molecule is O=C(NCCNc1cc(N2CCCC2)ncn1)Nc1ccc2ccccc2c1. The lowest BCUT2D eigenvalue weighted by atomic mass is 10.1. The molecule has 0 atom stereocenters. The van der Waals surface area contributed by atoms with E-state index in [-0.39, 0.29) is 6.03 Å². The van der Waals surface area contributed by atoms with Gasteiger partial charge in [-0.25, -0.2) is 14.8 Å². The molecule has 0 spiro atoms. The monoisotopic (exact) mass is 376 g/mol. The summed E-state index contributed by atoms with van der Waals surface area (Å²) < 4.78 is 0. The number of benzene rings is 2. The lowest BCUT2D eigenvalue weighted by Crippen LogP contribution is -2.32. The topological polar surface area (TPSA) is 82.2 Å². The van der Waals surface area contributed by atoms with E-state index in [2.05, 4.69) is 30.8 Å². The molecular formula is C21H24N6O. The summed E-state index contributed by atoms with van der Waals surface area (Å²) >= 11 is 0. The van der Waals surface area contributed by atoms with Crippen molar-refractivity contribution in [3.8, 4) is 0 Å². The highest BCUT2D eigenvalue weighted by molar-refractivity contribution is 5.93. The minimum absolute atomic E-state index is 0.225. The third-order valence-electron chi connectivity index (χ3n) is 4.81. The third-order valence-corrected chi connectivity index (χ3v) is 4.81. The number of carbonyl (C=O) groups excluding carboxylic acids is 1. The van der Waals surface area contributed by atoms with Crippen LogP contribution in [0.25, 0.3) is 10.8 Å². The van der Waals surface area contributed by atoms with Crippen LogP contribution in [0.2, 0.25) is 0 Å². The quantitative estimate of drug-likeness (QED) is 0.574. The highest BCUT2D eigenvalue weighted by Crippen LogP contribution is 2.19. The van der Waals surface area contributed by atoms with Gasteiger partial charge in [0.15, 0.2) is 0 Å². The van der Waals surface area contributed by atoms with Crippen molar-refractivity contribution >= 4 is 34.1 Å². The Kier molecular flexibility index (Phi) is 5.51. The molecule has 2 amide bonds. The van der Waals surface area contributed by atoms with Gasteiger partial charge in [-0.15, -0.1) is 0 Å². The van der Waals surface area contributed by atoms with Crippen LogP contribution in [0.5, 0.6) is 0 Å². The highest BCUT2D eigenvalue weighted by atomic mass is 16.2. The molecule has 0 unspecified atom stereocenters. The summed E-state index contributed by atoms with van der Waals surface area (Å²) in [6, 6.07) is 15.7. The van der Waals surface area contributed by atoms with Gasteiger partial charge in [0, 0.05) is 37.9 Å². The van der Waals surface area contributed by atoms with Crippen LogP contribution in [-0.4, -0.2) is 42.2 Å². The van der Waals surface area contributed by atoms with E-state index in [1.54, 1.807) is 6.33 Å². The van der Waals surface area contributed by atoms with Crippen LogP contribution in [0.1, 0.15) is 12.8 Å². The average Bonchev–Trinajstić information content (AvgIpc) is 3.26. The summed E-state index contributed by atoms with van der Waals surface area (Å²) in [5, 5.41) is 11.2. The molecule has 4 rings (SSSR count). The summed E-state index contributed by atoms with van der Waals surface area (Å²) in [6.07, 6.45) is 4.00. The Bertz CT molecular complexity index is 954. The molecule has 144 valence electrons. The summed E-state index contributed by atoms with van der Waals surface area (Å²) in [6.45, 7) is 3.17. The van der Waals surface area contributed by atoms with Gasteiger partial charge in [-0.2, -0.15) is 0 Å². The number of aromatic nitrogens is 2. The van der Waals surface area contributed by atoms with Gasteiger partial charge < -0.3 is 20.9 Å². The third kappa shape index (κ3) is 4.49. The number of hydrogen-bond acceptors (Lipinski definition) is 5. The fraction of sp³-hybridized carbons (Fsp3) is 0.286. The van der Waals surface area contributed by atoms with Crippen LogP contribution in [-0.2, 0) is 0 Å². The zero-order chi connectivity index (χ0) is 19.2. The first-order valence-corrected chi connectivity index (χ1v) is 9.62. The zero-order valence-electron chi connectivity index (χ0n) is 15.7. The summed E-state index contributed by atoms with van der Waals surface area (Å²) in [7, 11) is 0. The van der Waals surface area contributed by atoms with Crippen molar-refractivity contribution in [1.82, 2.24) is 15.3 Å². The smallest absolute Gasteiger partial charge is 0.319 e. The maximum Gasteiger partial charge on any atom is 0.319 e. The van der Waals surface area contributed by atoms with Gasteiger partial charge in [-0.05, 0) is 35.7 Å². The fourth-order valence-corrected chi connectivity index (χ4v) is 3.37. The molecule has 1 saturated heterocycles. The Morgan fingerprint density at radius 1 is 0.964 bits per heavy atom. The van der Waals surface area contributed by atoms with Crippen LogP contribution in [0.3, 0.4) is 0 Å². The van der Waals surface area contributed by atoms with Gasteiger partial charge >= 0.3 is 6.03 Å². The Balaban J connectivity index is 1.23. The number of nitrogens with zero attached hydrogens (tertiary/aromatic N) is 3. The van der Waals surface area contributed by atoms with Gasteiger partial charge in [0.25, 0.3) is 0 Å². The number of hydrogen-bond donors (Lipinski definition) is 3. The molecule has 2 heterocycles. The van der Waals surface area contributed by atoms with E-state index in [0.717, 1.165) is 41.2 Å². The van der Waals surface area contributed by atoms with Gasteiger partial charge in [-0.3, -0.25) is 0 Å². The van der Waals surface area contributed by atoms with Crippen molar-refractivity contribution in [2.45, 2.75) is 12.8 Å². The van der Waals surface area contributed by atoms with Crippen molar-refractivity contribution in [2.24, 2.45) is 0 Å². The maximum absolute atomic E-state index is 12.1. The summed E-state index contributed by atoms with van der Waals surface area (Å²) in [4.78, 5) is 23.0.